The predicted molar refractivity (Wildman–Crippen MR) is 76.2 cm³/mol. The summed E-state index contributed by atoms with van der Waals surface area (Å²) in [5.74, 6) is 0. The molecule has 0 fully saturated rings. The third-order valence-electron chi connectivity index (χ3n) is 2.74. The van der Waals surface area contributed by atoms with Gasteiger partial charge in [0.15, 0.2) is 0 Å². The maximum Gasteiger partial charge on any atom is 0.244 e. The summed E-state index contributed by atoms with van der Waals surface area (Å²) in [5.41, 5.74) is 1.89. The second-order valence-electron chi connectivity index (χ2n) is 4.18. The summed E-state index contributed by atoms with van der Waals surface area (Å²) in [6.45, 7) is 3.58. The van der Waals surface area contributed by atoms with Crippen molar-refractivity contribution < 1.29 is 8.42 Å². The zero-order chi connectivity index (χ0) is 14.0. The number of hydrogen-bond donors (Lipinski definition) is 2. The molecule has 1 aromatic heterocycles. The van der Waals surface area contributed by atoms with Gasteiger partial charge < -0.3 is 0 Å². The summed E-state index contributed by atoms with van der Waals surface area (Å²) in [6.07, 6.45) is 0. The fraction of sp³-hybridized carbons (Fsp3) is 0.250. The second-order valence-corrected chi connectivity index (χ2v) is 6.74. The van der Waals surface area contributed by atoms with E-state index >= 15 is 0 Å². The molecule has 2 aromatic rings. The average molecular weight is 344 g/mol. The number of H-pyrrole nitrogens is 1. The lowest BCUT2D eigenvalue weighted by atomic mass is 10.2. The van der Waals surface area contributed by atoms with Crippen molar-refractivity contribution in [3.05, 3.63) is 45.7 Å². The van der Waals surface area contributed by atoms with Crippen molar-refractivity contribution in [2.45, 2.75) is 25.3 Å². The van der Waals surface area contributed by atoms with E-state index in [-0.39, 0.29) is 11.4 Å². The van der Waals surface area contributed by atoms with E-state index in [2.05, 4.69) is 30.8 Å². The Morgan fingerprint density at radius 2 is 2.00 bits per heavy atom. The van der Waals surface area contributed by atoms with Gasteiger partial charge in [0.25, 0.3) is 0 Å². The Morgan fingerprint density at radius 3 is 2.58 bits per heavy atom. The molecule has 0 aliphatic rings. The van der Waals surface area contributed by atoms with Crippen LogP contribution in [0.4, 0.5) is 0 Å². The molecular formula is C12H14BrN3O2S. The second kappa shape index (κ2) is 5.44. The van der Waals surface area contributed by atoms with Crippen molar-refractivity contribution in [2.75, 3.05) is 0 Å². The van der Waals surface area contributed by atoms with E-state index in [1.54, 1.807) is 13.8 Å². The van der Waals surface area contributed by atoms with Crippen LogP contribution in [0, 0.1) is 13.8 Å². The van der Waals surface area contributed by atoms with Crippen LogP contribution in [0.5, 0.6) is 0 Å². The molecule has 0 amide bonds. The molecular weight excluding hydrogens is 330 g/mol. The highest BCUT2D eigenvalue weighted by Crippen LogP contribution is 2.19. The molecule has 0 saturated carbocycles. The first-order valence-corrected chi connectivity index (χ1v) is 7.94. The SMILES string of the molecule is Cc1n[nH]c(C)c1S(=O)(=O)NCc1ccccc1Br. The predicted octanol–water partition coefficient (Wildman–Crippen LogP) is 2.27. The molecule has 5 nitrogen and oxygen atoms in total. The lowest BCUT2D eigenvalue weighted by molar-refractivity contribution is 0.580. The molecule has 0 unspecified atom stereocenters. The van der Waals surface area contributed by atoms with Crippen LogP contribution in [0.25, 0.3) is 0 Å². The van der Waals surface area contributed by atoms with Crippen molar-refractivity contribution in [1.82, 2.24) is 14.9 Å². The molecule has 0 atom stereocenters. The average Bonchev–Trinajstić information content (AvgIpc) is 2.69. The molecule has 0 saturated heterocycles. The number of hydrogen-bond acceptors (Lipinski definition) is 3. The van der Waals surface area contributed by atoms with Gasteiger partial charge in [0.1, 0.15) is 4.90 Å². The first-order chi connectivity index (χ1) is 8.92. The number of benzene rings is 1. The molecule has 0 aliphatic carbocycles. The van der Waals surface area contributed by atoms with Gasteiger partial charge >= 0.3 is 0 Å². The monoisotopic (exact) mass is 343 g/mol. The van der Waals surface area contributed by atoms with E-state index in [1.807, 2.05) is 24.3 Å². The van der Waals surface area contributed by atoms with Gasteiger partial charge in [-0.25, -0.2) is 13.1 Å². The summed E-state index contributed by atoms with van der Waals surface area (Å²) >= 11 is 3.39. The molecule has 0 aliphatic heterocycles. The van der Waals surface area contributed by atoms with Crippen molar-refractivity contribution in [2.24, 2.45) is 0 Å². The number of aromatic nitrogens is 2. The lowest BCUT2D eigenvalue weighted by Crippen LogP contribution is -2.24. The fourth-order valence-corrected chi connectivity index (χ4v) is 3.62. The minimum atomic E-state index is -3.56. The first kappa shape index (κ1) is 14.2. The highest BCUT2D eigenvalue weighted by Gasteiger charge is 2.21. The van der Waals surface area contributed by atoms with Crippen LogP contribution < -0.4 is 4.72 Å². The van der Waals surface area contributed by atoms with E-state index in [9.17, 15) is 8.42 Å². The molecule has 0 spiro atoms. The Bertz CT molecular complexity index is 675. The Morgan fingerprint density at radius 1 is 1.32 bits per heavy atom. The number of sulfonamides is 1. The Balaban J connectivity index is 2.22. The highest BCUT2D eigenvalue weighted by atomic mass is 79.9. The standard InChI is InChI=1S/C12H14BrN3O2S/c1-8-12(9(2)16-15-8)19(17,18)14-7-10-5-3-4-6-11(10)13/h3-6,14H,7H2,1-2H3,(H,15,16). The van der Waals surface area contributed by atoms with E-state index in [0.29, 0.717) is 11.4 Å². The molecule has 0 bridgehead atoms. The van der Waals surface area contributed by atoms with E-state index < -0.39 is 10.0 Å². The normalized spacial score (nSPS) is 11.7. The summed E-state index contributed by atoms with van der Waals surface area (Å²) in [6, 6.07) is 7.48. The number of rotatable bonds is 4. The van der Waals surface area contributed by atoms with Gasteiger partial charge in [0.2, 0.25) is 10.0 Å². The third kappa shape index (κ3) is 3.05. The van der Waals surface area contributed by atoms with Crippen molar-refractivity contribution >= 4 is 26.0 Å². The number of nitrogens with one attached hydrogen (secondary N) is 2. The van der Waals surface area contributed by atoms with Gasteiger partial charge in [-0.05, 0) is 25.5 Å². The molecule has 2 N–H and O–H groups in total. The van der Waals surface area contributed by atoms with Crippen LogP contribution >= 0.6 is 15.9 Å². The van der Waals surface area contributed by atoms with Crippen molar-refractivity contribution in [3.63, 3.8) is 0 Å². The van der Waals surface area contributed by atoms with Gasteiger partial charge in [-0.1, -0.05) is 34.1 Å². The summed E-state index contributed by atoms with van der Waals surface area (Å²) < 4.78 is 27.9. The minimum absolute atomic E-state index is 0.222. The number of halogens is 1. The summed E-state index contributed by atoms with van der Waals surface area (Å²) in [4.78, 5) is 0.222. The zero-order valence-corrected chi connectivity index (χ0v) is 13.0. The van der Waals surface area contributed by atoms with Crippen molar-refractivity contribution in [1.29, 1.82) is 0 Å². The van der Waals surface area contributed by atoms with Crippen LogP contribution in [0.2, 0.25) is 0 Å². The van der Waals surface area contributed by atoms with E-state index in [0.717, 1.165) is 10.0 Å². The smallest absolute Gasteiger partial charge is 0.244 e. The minimum Gasteiger partial charge on any atom is -0.281 e. The first-order valence-electron chi connectivity index (χ1n) is 5.66. The maximum atomic E-state index is 12.2. The maximum absolute atomic E-state index is 12.2. The van der Waals surface area contributed by atoms with Gasteiger partial charge in [-0.2, -0.15) is 5.10 Å². The van der Waals surface area contributed by atoms with Crippen LogP contribution in [0.15, 0.2) is 33.6 Å². The van der Waals surface area contributed by atoms with Gasteiger partial charge in [0.05, 0.1) is 11.4 Å². The van der Waals surface area contributed by atoms with Gasteiger partial charge in [-0.3, -0.25) is 5.10 Å². The molecule has 102 valence electrons. The molecule has 1 aromatic carbocycles. The largest absolute Gasteiger partial charge is 0.281 e. The highest BCUT2D eigenvalue weighted by molar-refractivity contribution is 9.10. The van der Waals surface area contributed by atoms with Gasteiger partial charge in [0, 0.05) is 11.0 Å². The van der Waals surface area contributed by atoms with Crippen LogP contribution in [0.3, 0.4) is 0 Å². The topological polar surface area (TPSA) is 74.8 Å². The fourth-order valence-electron chi connectivity index (χ4n) is 1.82. The van der Waals surface area contributed by atoms with Crippen LogP contribution in [0.1, 0.15) is 17.0 Å². The summed E-state index contributed by atoms with van der Waals surface area (Å²) in [7, 11) is -3.56. The third-order valence-corrected chi connectivity index (χ3v) is 5.18. The van der Waals surface area contributed by atoms with Gasteiger partial charge in [-0.15, -0.1) is 0 Å². The molecule has 7 heteroatoms. The molecule has 2 rings (SSSR count). The lowest BCUT2D eigenvalue weighted by Gasteiger charge is -2.08. The quantitative estimate of drug-likeness (QED) is 0.894. The molecule has 1 heterocycles. The molecule has 0 radical (unpaired) electrons. The Labute approximate surface area is 120 Å². The van der Waals surface area contributed by atoms with Crippen LogP contribution in [-0.2, 0) is 16.6 Å². The van der Waals surface area contributed by atoms with Crippen LogP contribution in [-0.4, -0.2) is 18.6 Å². The summed E-state index contributed by atoms with van der Waals surface area (Å²) in [5, 5.41) is 6.58. The molecule has 19 heavy (non-hydrogen) atoms. The van der Waals surface area contributed by atoms with Crippen molar-refractivity contribution in [3.8, 4) is 0 Å². The number of aromatic amines is 1. The zero-order valence-electron chi connectivity index (χ0n) is 10.6. The number of aryl methyl sites for hydroxylation is 2. The Kier molecular flexibility index (Phi) is 4.07. The Hall–Kier alpha value is -1.18. The number of nitrogens with zero attached hydrogens (tertiary/aromatic N) is 1. The van der Waals surface area contributed by atoms with E-state index in [1.165, 1.54) is 0 Å². The van der Waals surface area contributed by atoms with E-state index in [4.69, 9.17) is 0 Å².